The van der Waals surface area contributed by atoms with Crippen LogP contribution in [0.2, 0.25) is 0 Å². The molecule has 3 nitrogen and oxygen atoms in total. The van der Waals surface area contributed by atoms with Crippen molar-refractivity contribution in [2.24, 2.45) is 0 Å². The molecule has 0 aromatic heterocycles. The Hall–Kier alpha value is -1.29. The molecule has 12 heavy (non-hydrogen) atoms. The van der Waals surface area contributed by atoms with Crippen molar-refractivity contribution < 1.29 is 14.3 Å². The van der Waals surface area contributed by atoms with Crippen molar-refractivity contribution in [2.75, 3.05) is 5.32 Å². The highest BCUT2D eigenvalue weighted by molar-refractivity contribution is 5.85. The van der Waals surface area contributed by atoms with Gasteiger partial charge in [-0.1, -0.05) is 6.07 Å². The Bertz CT molecular complexity index is 280. The summed E-state index contributed by atoms with van der Waals surface area (Å²) in [4.78, 5) is 10.0. The molecule has 1 rings (SSSR count). The van der Waals surface area contributed by atoms with E-state index in [1.165, 1.54) is 18.2 Å². The molecule has 1 amide bonds. The molecule has 0 heterocycles. The minimum Gasteiger partial charge on any atom is -0.465 e. The Kier molecular flexibility index (Phi) is 4.07. The van der Waals surface area contributed by atoms with Crippen molar-refractivity contribution in [1.82, 2.24) is 0 Å². The summed E-state index contributed by atoms with van der Waals surface area (Å²) in [5, 5.41) is 10.2. The van der Waals surface area contributed by atoms with Gasteiger partial charge in [-0.05, 0) is 18.2 Å². The van der Waals surface area contributed by atoms with Gasteiger partial charge in [0.1, 0.15) is 5.82 Å². The first-order chi connectivity index (χ1) is 5.18. The van der Waals surface area contributed by atoms with Crippen LogP contribution in [0.1, 0.15) is 0 Å². The molecule has 0 saturated carbocycles. The van der Waals surface area contributed by atoms with Crippen LogP contribution in [0.15, 0.2) is 24.3 Å². The van der Waals surface area contributed by atoms with Crippen LogP contribution >= 0.6 is 12.4 Å². The lowest BCUT2D eigenvalue weighted by Crippen LogP contribution is -2.06. The molecule has 2 N–H and O–H groups in total. The second-order valence-electron chi connectivity index (χ2n) is 1.94. The summed E-state index contributed by atoms with van der Waals surface area (Å²) in [6.45, 7) is 0. The van der Waals surface area contributed by atoms with Crippen molar-refractivity contribution in [3.05, 3.63) is 30.1 Å². The second-order valence-corrected chi connectivity index (χ2v) is 1.94. The number of carbonyl (C=O) groups is 1. The molecule has 1 aromatic rings. The zero-order valence-corrected chi connectivity index (χ0v) is 6.77. The fourth-order valence-corrected chi connectivity index (χ4v) is 0.690. The maximum atomic E-state index is 12.4. The topological polar surface area (TPSA) is 49.3 Å². The number of amides is 1. The highest BCUT2D eigenvalue weighted by Crippen LogP contribution is 2.08. The summed E-state index contributed by atoms with van der Waals surface area (Å²) in [5.74, 6) is -0.462. The molecule has 5 heteroatoms. The molecule has 0 aliphatic rings. The van der Waals surface area contributed by atoms with Gasteiger partial charge in [-0.3, -0.25) is 5.32 Å². The van der Waals surface area contributed by atoms with Gasteiger partial charge in [0, 0.05) is 5.69 Å². The third kappa shape index (κ3) is 3.21. The average Bonchev–Trinajstić information content (AvgIpc) is 1.85. The average molecular weight is 192 g/mol. The van der Waals surface area contributed by atoms with Crippen LogP contribution in [-0.4, -0.2) is 11.2 Å². The minimum atomic E-state index is -1.20. The van der Waals surface area contributed by atoms with Crippen LogP contribution in [0.4, 0.5) is 14.9 Å². The molecule has 0 aliphatic carbocycles. The fourth-order valence-electron chi connectivity index (χ4n) is 0.690. The van der Waals surface area contributed by atoms with Crippen molar-refractivity contribution in [3.8, 4) is 0 Å². The molecule has 0 fully saturated rings. The summed E-state index contributed by atoms with van der Waals surface area (Å²) in [6, 6.07) is 5.25. The summed E-state index contributed by atoms with van der Waals surface area (Å²) in [6.07, 6.45) is -1.20. The molecule has 0 bridgehead atoms. The van der Waals surface area contributed by atoms with Gasteiger partial charge in [0.25, 0.3) is 0 Å². The normalized spacial score (nSPS) is 8.42. The van der Waals surface area contributed by atoms with E-state index in [-0.39, 0.29) is 18.1 Å². The highest BCUT2D eigenvalue weighted by atomic mass is 35.5. The first-order valence-corrected chi connectivity index (χ1v) is 2.94. The molecule has 1 aromatic carbocycles. The highest BCUT2D eigenvalue weighted by Gasteiger charge is 1.97. The van der Waals surface area contributed by atoms with Crippen molar-refractivity contribution in [3.63, 3.8) is 0 Å². The number of nitrogens with one attached hydrogen (secondary N) is 1. The second kappa shape index (κ2) is 4.56. The smallest absolute Gasteiger partial charge is 0.409 e. The van der Waals surface area contributed by atoms with E-state index in [4.69, 9.17) is 5.11 Å². The molecule has 0 saturated heterocycles. The van der Waals surface area contributed by atoms with E-state index in [9.17, 15) is 9.18 Å². The summed E-state index contributed by atoms with van der Waals surface area (Å²) in [5.41, 5.74) is 0.234. The monoisotopic (exact) mass is 191 g/mol. The zero-order chi connectivity index (χ0) is 8.27. The Morgan fingerprint density at radius 2 is 2.17 bits per heavy atom. The van der Waals surface area contributed by atoms with Gasteiger partial charge in [0.05, 0.1) is 0 Å². The van der Waals surface area contributed by atoms with E-state index in [1.54, 1.807) is 0 Å². The van der Waals surface area contributed by atoms with Gasteiger partial charge in [0.15, 0.2) is 0 Å². The largest absolute Gasteiger partial charge is 0.465 e. The fraction of sp³-hybridized carbons (Fsp3) is 0. The standard InChI is InChI=1S/C7H6FNO2.ClH/c8-5-2-1-3-6(4-5)9-7(10)11;/h1-4,9H,(H,10,11);1H. The van der Waals surface area contributed by atoms with Gasteiger partial charge < -0.3 is 5.11 Å². The first kappa shape index (κ1) is 10.7. The summed E-state index contributed by atoms with van der Waals surface area (Å²) < 4.78 is 12.4. The van der Waals surface area contributed by atoms with E-state index in [0.717, 1.165) is 6.07 Å². The minimum absolute atomic E-state index is 0. The molecule has 0 unspecified atom stereocenters. The van der Waals surface area contributed by atoms with Gasteiger partial charge in [-0.2, -0.15) is 0 Å². The summed E-state index contributed by atoms with van der Waals surface area (Å²) in [7, 11) is 0. The van der Waals surface area contributed by atoms with Crippen LogP contribution < -0.4 is 5.32 Å². The zero-order valence-electron chi connectivity index (χ0n) is 5.95. The lowest BCUT2D eigenvalue weighted by atomic mass is 10.3. The van der Waals surface area contributed by atoms with Crippen LogP contribution in [-0.2, 0) is 0 Å². The third-order valence-electron chi connectivity index (χ3n) is 1.08. The number of hydrogen-bond donors (Lipinski definition) is 2. The maximum Gasteiger partial charge on any atom is 0.409 e. The first-order valence-electron chi connectivity index (χ1n) is 2.94. The number of benzene rings is 1. The van der Waals surface area contributed by atoms with E-state index in [2.05, 4.69) is 0 Å². The predicted molar refractivity (Wildman–Crippen MR) is 45.3 cm³/mol. The van der Waals surface area contributed by atoms with E-state index in [1.807, 2.05) is 5.32 Å². The van der Waals surface area contributed by atoms with Crippen LogP contribution in [0.3, 0.4) is 0 Å². The van der Waals surface area contributed by atoms with Crippen LogP contribution in [0.5, 0.6) is 0 Å². The number of carboxylic acid groups (broad SMARTS) is 1. The maximum absolute atomic E-state index is 12.4. The lowest BCUT2D eigenvalue weighted by molar-refractivity contribution is 0.210. The van der Waals surface area contributed by atoms with E-state index >= 15 is 0 Å². The molecular weight excluding hydrogens is 185 g/mol. The molecule has 0 spiro atoms. The van der Waals surface area contributed by atoms with Crippen LogP contribution in [0.25, 0.3) is 0 Å². The molecule has 66 valence electrons. The Balaban J connectivity index is 0.00000121. The molecule has 0 aliphatic heterocycles. The van der Waals surface area contributed by atoms with Crippen molar-refractivity contribution in [2.45, 2.75) is 0 Å². The van der Waals surface area contributed by atoms with E-state index < -0.39 is 11.9 Å². The Labute approximate surface area is 74.6 Å². The SMILES string of the molecule is Cl.O=C(O)Nc1cccc(F)c1. The number of rotatable bonds is 1. The number of hydrogen-bond acceptors (Lipinski definition) is 1. The number of anilines is 1. The van der Waals surface area contributed by atoms with Crippen molar-refractivity contribution in [1.29, 1.82) is 0 Å². The molecule has 0 atom stereocenters. The van der Waals surface area contributed by atoms with Crippen LogP contribution in [0, 0.1) is 5.82 Å². The van der Waals surface area contributed by atoms with Gasteiger partial charge in [-0.15, -0.1) is 12.4 Å². The number of halogens is 2. The molecule has 0 radical (unpaired) electrons. The third-order valence-corrected chi connectivity index (χ3v) is 1.08. The Morgan fingerprint density at radius 1 is 1.50 bits per heavy atom. The lowest BCUT2D eigenvalue weighted by Gasteiger charge is -1.98. The van der Waals surface area contributed by atoms with Crippen molar-refractivity contribution >= 4 is 24.2 Å². The quantitative estimate of drug-likeness (QED) is 0.716. The van der Waals surface area contributed by atoms with Gasteiger partial charge >= 0.3 is 6.09 Å². The summed E-state index contributed by atoms with van der Waals surface area (Å²) >= 11 is 0. The van der Waals surface area contributed by atoms with Gasteiger partial charge in [-0.25, -0.2) is 9.18 Å². The Morgan fingerprint density at radius 3 is 2.67 bits per heavy atom. The van der Waals surface area contributed by atoms with Gasteiger partial charge in [0.2, 0.25) is 0 Å². The predicted octanol–water partition coefficient (Wildman–Crippen LogP) is 2.34. The van der Waals surface area contributed by atoms with E-state index in [0.29, 0.717) is 0 Å². The molecular formula is C7H7ClFNO2.